The lowest BCUT2D eigenvalue weighted by atomic mass is 9.96. The van der Waals surface area contributed by atoms with Crippen molar-refractivity contribution in [2.45, 2.75) is 6.92 Å². The van der Waals surface area contributed by atoms with Gasteiger partial charge < -0.3 is 17.2 Å². The summed E-state index contributed by atoms with van der Waals surface area (Å²) in [5.41, 5.74) is 17.5. The Labute approximate surface area is 69.9 Å². The van der Waals surface area contributed by atoms with Crippen LogP contribution in [0.1, 0.15) is 6.92 Å². The first-order valence-corrected chi connectivity index (χ1v) is 3.37. The van der Waals surface area contributed by atoms with Crippen molar-refractivity contribution in [1.29, 1.82) is 10.8 Å². The van der Waals surface area contributed by atoms with Crippen LogP contribution in [0.3, 0.4) is 0 Å². The number of hydrogen-bond acceptors (Lipinski definition) is 5. The van der Waals surface area contributed by atoms with Gasteiger partial charge in [0.1, 0.15) is 5.71 Å². The molecule has 0 heterocycles. The van der Waals surface area contributed by atoms with Gasteiger partial charge in [-0.2, -0.15) is 0 Å². The van der Waals surface area contributed by atoms with E-state index < -0.39 is 0 Å². The maximum Gasteiger partial charge on any atom is 0.102 e. The van der Waals surface area contributed by atoms with Crippen LogP contribution in [-0.2, 0) is 0 Å². The van der Waals surface area contributed by atoms with Crippen LogP contribution in [0.2, 0.25) is 0 Å². The summed E-state index contributed by atoms with van der Waals surface area (Å²) in [7, 11) is 0. The van der Waals surface area contributed by atoms with E-state index in [1.807, 2.05) is 0 Å². The lowest BCUT2D eigenvalue weighted by Gasteiger charge is -2.18. The Kier molecular flexibility index (Phi) is 1.64. The molecule has 0 radical (unpaired) electrons. The van der Waals surface area contributed by atoms with E-state index in [9.17, 15) is 0 Å². The molecule has 0 amide bonds. The molecule has 0 saturated carbocycles. The zero-order valence-corrected chi connectivity index (χ0v) is 6.73. The van der Waals surface area contributed by atoms with Gasteiger partial charge in [0.25, 0.3) is 0 Å². The van der Waals surface area contributed by atoms with Gasteiger partial charge in [0.15, 0.2) is 0 Å². The molecule has 0 atom stereocenters. The van der Waals surface area contributed by atoms with Crippen molar-refractivity contribution in [2.24, 2.45) is 17.2 Å². The first-order valence-electron chi connectivity index (χ1n) is 3.37. The van der Waals surface area contributed by atoms with Crippen LogP contribution >= 0.6 is 0 Å². The molecule has 0 fully saturated rings. The molecule has 12 heavy (non-hydrogen) atoms. The summed E-state index contributed by atoms with van der Waals surface area (Å²) in [4.78, 5) is 0. The van der Waals surface area contributed by atoms with E-state index in [1.54, 1.807) is 6.92 Å². The highest BCUT2D eigenvalue weighted by molar-refractivity contribution is 6.25. The van der Waals surface area contributed by atoms with Crippen molar-refractivity contribution in [1.82, 2.24) is 0 Å². The van der Waals surface area contributed by atoms with E-state index in [1.165, 1.54) is 0 Å². The van der Waals surface area contributed by atoms with Gasteiger partial charge in [0.2, 0.25) is 0 Å². The second-order valence-corrected chi connectivity index (χ2v) is 2.62. The monoisotopic (exact) mass is 165 g/mol. The summed E-state index contributed by atoms with van der Waals surface area (Å²) in [6, 6.07) is 0. The second kappa shape index (κ2) is 2.37. The summed E-state index contributed by atoms with van der Waals surface area (Å²) in [6.07, 6.45) is 0. The highest BCUT2D eigenvalue weighted by atomic mass is 14.8. The lowest BCUT2D eigenvalue weighted by molar-refractivity contribution is 1.21. The van der Waals surface area contributed by atoms with E-state index in [0.29, 0.717) is 5.57 Å². The molecule has 1 aliphatic rings. The second-order valence-electron chi connectivity index (χ2n) is 2.62. The average Bonchev–Trinajstić information content (AvgIpc) is 2.08. The minimum Gasteiger partial charge on any atom is -0.397 e. The Bertz CT molecular complexity index is 272. The highest BCUT2D eigenvalue weighted by Gasteiger charge is 2.22. The highest BCUT2D eigenvalue weighted by Crippen LogP contribution is 2.15. The van der Waals surface area contributed by atoms with Gasteiger partial charge in [-0.3, -0.25) is 10.8 Å². The molecule has 5 heteroatoms. The van der Waals surface area contributed by atoms with Crippen LogP contribution in [0.15, 0.2) is 22.7 Å². The zero-order valence-electron chi connectivity index (χ0n) is 6.73. The summed E-state index contributed by atoms with van der Waals surface area (Å²) >= 11 is 0. The predicted molar refractivity (Wildman–Crippen MR) is 47.7 cm³/mol. The fourth-order valence-corrected chi connectivity index (χ4v) is 0.939. The van der Waals surface area contributed by atoms with Gasteiger partial charge in [0, 0.05) is 5.57 Å². The minimum atomic E-state index is 0.0148. The molecule has 0 aliphatic heterocycles. The topological polar surface area (TPSA) is 126 Å². The zero-order chi connectivity index (χ0) is 9.46. The SMILES string of the molecule is CC1=C(N)C(=N)C(N)=C(N)C1=N. The quantitative estimate of drug-likeness (QED) is 0.308. The largest absolute Gasteiger partial charge is 0.397 e. The summed E-state index contributed by atoms with van der Waals surface area (Å²) < 4.78 is 0. The molecule has 0 aromatic rings. The van der Waals surface area contributed by atoms with Crippen LogP contribution in [0.5, 0.6) is 0 Å². The van der Waals surface area contributed by atoms with Gasteiger partial charge >= 0.3 is 0 Å². The van der Waals surface area contributed by atoms with Crippen LogP contribution in [0.4, 0.5) is 0 Å². The first kappa shape index (κ1) is 8.32. The number of nitrogens with one attached hydrogen (secondary N) is 2. The number of allylic oxidation sites excluding steroid dienone is 1. The van der Waals surface area contributed by atoms with Crippen LogP contribution < -0.4 is 17.2 Å². The number of hydrogen-bond donors (Lipinski definition) is 5. The van der Waals surface area contributed by atoms with Crippen molar-refractivity contribution in [3.8, 4) is 0 Å². The smallest absolute Gasteiger partial charge is 0.102 e. The Hall–Kier alpha value is -1.78. The summed E-state index contributed by atoms with van der Waals surface area (Å²) in [6.45, 7) is 1.64. The molecule has 0 spiro atoms. The summed E-state index contributed by atoms with van der Waals surface area (Å²) in [5, 5.41) is 14.9. The Morgan fingerprint density at radius 2 is 1.25 bits per heavy atom. The third-order valence-electron chi connectivity index (χ3n) is 1.88. The van der Waals surface area contributed by atoms with Gasteiger partial charge in [-0.1, -0.05) is 0 Å². The van der Waals surface area contributed by atoms with Crippen molar-refractivity contribution in [3.05, 3.63) is 22.7 Å². The average molecular weight is 165 g/mol. The standard InChI is InChI=1S/C7H11N5/c1-2-3(8)5(10)7(12)6(11)4(2)9/h8,11H,9-10,12H2,1H3. The van der Waals surface area contributed by atoms with E-state index in [2.05, 4.69) is 0 Å². The third kappa shape index (κ3) is 0.868. The number of rotatable bonds is 0. The fraction of sp³-hybridized carbons (Fsp3) is 0.143. The fourth-order valence-electron chi connectivity index (χ4n) is 0.939. The van der Waals surface area contributed by atoms with Crippen molar-refractivity contribution in [2.75, 3.05) is 0 Å². The minimum absolute atomic E-state index is 0.0148. The maximum absolute atomic E-state index is 7.45. The molecular formula is C7H11N5. The van der Waals surface area contributed by atoms with Crippen molar-refractivity contribution >= 4 is 11.4 Å². The molecule has 64 valence electrons. The maximum atomic E-state index is 7.45. The van der Waals surface area contributed by atoms with E-state index in [-0.39, 0.29) is 28.5 Å². The number of nitrogens with two attached hydrogens (primary N) is 3. The van der Waals surface area contributed by atoms with Crippen LogP contribution in [0.25, 0.3) is 0 Å². The van der Waals surface area contributed by atoms with Crippen LogP contribution in [-0.4, -0.2) is 11.4 Å². The molecule has 1 rings (SSSR count). The molecule has 0 aromatic carbocycles. The molecule has 5 nitrogen and oxygen atoms in total. The van der Waals surface area contributed by atoms with Gasteiger partial charge in [-0.05, 0) is 6.92 Å². The molecule has 8 N–H and O–H groups in total. The molecule has 1 aliphatic carbocycles. The molecule has 0 unspecified atom stereocenters. The Balaban J connectivity index is 3.32. The van der Waals surface area contributed by atoms with E-state index in [4.69, 9.17) is 28.0 Å². The molecular weight excluding hydrogens is 154 g/mol. The molecule has 0 bridgehead atoms. The molecule has 0 aromatic heterocycles. The third-order valence-corrected chi connectivity index (χ3v) is 1.88. The predicted octanol–water partition coefficient (Wildman–Crippen LogP) is -0.599. The van der Waals surface area contributed by atoms with Gasteiger partial charge in [0.05, 0.1) is 22.8 Å². The van der Waals surface area contributed by atoms with Gasteiger partial charge in [-0.15, -0.1) is 0 Å². The van der Waals surface area contributed by atoms with Gasteiger partial charge in [-0.25, -0.2) is 0 Å². The van der Waals surface area contributed by atoms with Crippen molar-refractivity contribution in [3.63, 3.8) is 0 Å². The summed E-state index contributed by atoms with van der Waals surface area (Å²) in [5.74, 6) is 0. The van der Waals surface area contributed by atoms with E-state index in [0.717, 1.165) is 0 Å². The first-order chi connectivity index (χ1) is 5.46. The molecule has 0 saturated heterocycles. The Morgan fingerprint density at radius 3 is 1.75 bits per heavy atom. The van der Waals surface area contributed by atoms with E-state index >= 15 is 0 Å². The van der Waals surface area contributed by atoms with Crippen LogP contribution in [0, 0.1) is 10.8 Å². The van der Waals surface area contributed by atoms with Crippen molar-refractivity contribution < 1.29 is 0 Å². The Morgan fingerprint density at radius 1 is 0.833 bits per heavy atom. The normalized spacial score (nSPS) is 19.1. The lowest BCUT2D eigenvalue weighted by Crippen LogP contribution is -2.33.